The van der Waals surface area contributed by atoms with Gasteiger partial charge >= 0.3 is 26.2 Å². The zero-order valence-corrected chi connectivity index (χ0v) is 16.0. The number of rotatable bonds is 4. The molecule has 0 radical (unpaired) electrons. The van der Waals surface area contributed by atoms with Crippen LogP contribution in [0.25, 0.3) is 0 Å². The Hall–Kier alpha value is 1.80. The molecular weight excluding hydrogens is 408 g/mol. The van der Waals surface area contributed by atoms with Gasteiger partial charge in [0.05, 0.1) is 6.10 Å². The molecule has 1 N–H and O–H groups in total. The van der Waals surface area contributed by atoms with E-state index in [-0.39, 0.29) is 32.3 Å². The molecule has 0 aromatic rings. The van der Waals surface area contributed by atoms with Gasteiger partial charge in [-0.05, 0) is 25.7 Å². The first kappa shape index (κ1) is 16.2. The molecule has 0 saturated carbocycles. The van der Waals surface area contributed by atoms with Crippen molar-refractivity contribution in [2.45, 2.75) is 39.0 Å². The van der Waals surface area contributed by atoms with Crippen LogP contribution in [0, 0.1) is 0 Å². The Kier molecular flexibility index (Phi) is 9.67. The summed E-state index contributed by atoms with van der Waals surface area (Å²) < 4.78 is 5.19. The van der Waals surface area contributed by atoms with E-state index in [1.807, 2.05) is 27.7 Å². The quantitative estimate of drug-likeness (QED) is 0.547. The Bertz CT molecular complexity index is 150. The van der Waals surface area contributed by atoms with Crippen molar-refractivity contribution in [1.29, 1.82) is 0 Å². The summed E-state index contributed by atoms with van der Waals surface area (Å²) >= 11 is 6.25. The topological polar surface area (TPSA) is 29.5 Å². The zero-order valence-electron chi connectivity index (χ0n) is 7.98. The fourth-order valence-corrected chi connectivity index (χ4v) is 6.00. The summed E-state index contributed by atoms with van der Waals surface area (Å²) in [6.45, 7) is 7.73. The Morgan fingerprint density at radius 3 is 2.00 bits per heavy atom. The molecule has 0 saturated heterocycles. The zero-order chi connectivity index (χ0) is 9.07. The molecule has 0 aliphatic heterocycles. The molecule has 0 fully saturated rings. The molecule has 0 rings (SSSR count). The second-order valence-corrected chi connectivity index (χ2v) is 9.37. The van der Waals surface area contributed by atoms with Crippen molar-refractivity contribution in [2.24, 2.45) is 0 Å². The first-order chi connectivity index (χ1) is 4.83. The third-order valence-corrected chi connectivity index (χ3v) is 5.42. The molecule has 0 aliphatic rings. The average molecular weight is 426 g/mol. The van der Waals surface area contributed by atoms with Crippen LogP contribution in [0.1, 0.15) is 27.7 Å². The van der Waals surface area contributed by atoms with E-state index in [9.17, 15) is 4.89 Å². The molecule has 0 aromatic carbocycles. The van der Waals surface area contributed by atoms with Gasteiger partial charge < -0.3 is 9.42 Å². The fraction of sp³-hybridized carbons (Fsp3) is 1.00. The predicted molar refractivity (Wildman–Crippen MR) is 65.4 cm³/mol. The third-order valence-electron chi connectivity index (χ3n) is 0.688. The molecule has 76 valence electrons. The number of hydrogen-bond donors (Lipinski definition) is 1. The molecule has 1 atom stereocenters. The van der Waals surface area contributed by atoms with Crippen molar-refractivity contribution in [3.05, 3.63) is 0 Å². The molecule has 0 amide bonds. The van der Waals surface area contributed by atoms with Crippen molar-refractivity contribution in [3.63, 3.8) is 0 Å². The van der Waals surface area contributed by atoms with Gasteiger partial charge in [-0.2, -0.15) is 0 Å². The van der Waals surface area contributed by atoms with E-state index in [0.717, 1.165) is 0 Å². The third kappa shape index (κ3) is 9.89. The molecule has 1 unspecified atom stereocenters. The van der Waals surface area contributed by atoms with Gasteiger partial charge in [0.15, 0.2) is 0 Å². The summed E-state index contributed by atoms with van der Waals surface area (Å²) in [4.78, 5) is 9.52. The first-order valence-electron chi connectivity index (χ1n) is 3.53. The minimum atomic E-state index is -2.55. The van der Waals surface area contributed by atoms with Crippen LogP contribution in [0.2, 0.25) is 0 Å². The van der Waals surface area contributed by atoms with E-state index in [1.165, 1.54) is 11.4 Å². The van der Waals surface area contributed by atoms with Crippen LogP contribution < -0.4 is 0 Å². The summed E-state index contributed by atoms with van der Waals surface area (Å²) in [5.41, 5.74) is -2.55. The first-order valence-corrected chi connectivity index (χ1v) is 7.69. The van der Waals surface area contributed by atoms with Gasteiger partial charge in [-0.1, -0.05) is 25.2 Å². The number of hydrogen-bond acceptors (Lipinski definition) is 3. The van der Waals surface area contributed by atoms with Crippen molar-refractivity contribution >= 4 is 55.1 Å². The molecule has 0 heterocycles. The van der Waals surface area contributed by atoms with Crippen molar-refractivity contribution in [1.82, 2.24) is 0 Å². The van der Waals surface area contributed by atoms with Crippen LogP contribution >= 0.6 is 17.1 Å². The normalized spacial score (nSPS) is 15.9. The van der Waals surface area contributed by atoms with Crippen LogP contribution in [0.3, 0.4) is 0 Å². The van der Waals surface area contributed by atoms with Gasteiger partial charge in [0.25, 0.3) is 0 Å². The van der Waals surface area contributed by atoms with E-state index in [4.69, 9.17) is 16.3 Å². The molecule has 0 spiro atoms. The van der Waals surface area contributed by atoms with E-state index in [1.54, 1.807) is 0 Å². The molecule has 12 heavy (non-hydrogen) atoms. The summed E-state index contributed by atoms with van der Waals surface area (Å²) in [5, 5.41) is 0.324. The van der Waals surface area contributed by atoms with Gasteiger partial charge in [-0.3, -0.25) is 0 Å². The Morgan fingerprint density at radius 2 is 1.75 bits per heavy atom. The van der Waals surface area contributed by atoms with Gasteiger partial charge in [-0.15, -0.1) is 0 Å². The monoisotopic (exact) mass is 426 g/mol. The molecule has 0 aromatic heterocycles. The Balaban J connectivity index is 0. The molecule has 0 bridgehead atoms. The Labute approximate surface area is 103 Å². The maximum absolute atomic E-state index is 9.52. The van der Waals surface area contributed by atoms with E-state index in [0.29, 0.717) is 5.25 Å². The second kappa shape index (κ2) is 7.14. The van der Waals surface area contributed by atoms with Crippen molar-refractivity contribution < 1.29 is 9.42 Å². The van der Waals surface area contributed by atoms with Gasteiger partial charge in [0, 0.05) is 5.25 Å². The van der Waals surface area contributed by atoms with Gasteiger partial charge in [0.2, 0.25) is 5.69 Å². The molecule has 2 nitrogen and oxygen atoms in total. The van der Waals surface area contributed by atoms with Crippen LogP contribution in [-0.2, 0) is 16.3 Å². The SMILES string of the molecule is CC(C)OP(O)(=S)SC(C)C.[BiH3]. The molecule has 0 aliphatic carbocycles. The predicted octanol–water partition coefficient (Wildman–Crippen LogP) is 1.59. The van der Waals surface area contributed by atoms with Gasteiger partial charge in [0.1, 0.15) is 0 Å². The average Bonchev–Trinajstić information content (AvgIpc) is 1.53. The van der Waals surface area contributed by atoms with Crippen LogP contribution in [0.15, 0.2) is 0 Å². The molecular formula is C6H18BiO2PS2. The van der Waals surface area contributed by atoms with E-state index >= 15 is 0 Å². The van der Waals surface area contributed by atoms with Crippen LogP contribution in [0.4, 0.5) is 0 Å². The van der Waals surface area contributed by atoms with E-state index < -0.39 is 5.69 Å². The van der Waals surface area contributed by atoms with Crippen LogP contribution in [-0.4, -0.2) is 42.5 Å². The summed E-state index contributed by atoms with van der Waals surface area (Å²) in [6, 6.07) is 0. The van der Waals surface area contributed by atoms with Gasteiger partial charge in [-0.25, -0.2) is 0 Å². The van der Waals surface area contributed by atoms with Crippen molar-refractivity contribution in [3.8, 4) is 0 Å². The van der Waals surface area contributed by atoms with Crippen molar-refractivity contribution in [2.75, 3.05) is 0 Å². The standard InChI is InChI=1S/C6H15O2PS2.Bi.3H/c1-5(2)8-9(7,10)11-6(3)4;;;;/h5-6H,1-4H3,(H,7,10);;;;. The maximum atomic E-state index is 9.52. The summed E-state index contributed by atoms with van der Waals surface area (Å²) in [7, 11) is 0. The minimum absolute atomic E-state index is 0. The Morgan fingerprint density at radius 1 is 1.33 bits per heavy atom. The second-order valence-electron chi connectivity index (χ2n) is 2.78. The summed E-state index contributed by atoms with van der Waals surface area (Å²) in [6.07, 6.45) is 0.0112. The van der Waals surface area contributed by atoms with Crippen LogP contribution in [0.5, 0.6) is 0 Å². The molecule has 6 heteroatoms. The fourth-order valence-electron chi connectivity index (χ4n) is 0.558. The van der Waals surface area contributed by atoms with E-state index in [2.05, 4.69) is 0 Å². The summed E-state index contributed by atoms with van der Waals surface area (Å²) in [5.74, 6) is 0.